The molecule has 0 bridgehead atoms. The number of pyridine rings is 1. The molecule has 0 saturated carbocycles. The second-order valence-electron chi connectivity index (χ2n) is 6.61. The van der Waals surface area contributed by atoms with Gasteiger partial charge in [0.1, 0.15) is 0 Å². The SMILES string of the molecule is CCC(C)N1CCCc2cc3c(C(C)C)ccnc3cc21. The lowest BCUT2D eigenvalue weighted by Crippen LogP contribution is -2.36. The predicted molar refractivity (Wildman–Crippen MR) is 91.3 cm³/mol. The summed E-state index contributed by atoms with van der Waals surface area (Å²) in [4.78, 5) is 7.20. The number of fused-ring (bicyclic) bond motifs is 2. The van der Waals surface area contributed by atoms with Crippen molar-refractivity contribution in [3.05, 3.63) is 35.5 Å². The van der Waals surface area contributed by atoms with E-state index in [9.17, 15) is 0 Å². The first kappa shape index (κ1) is 14.4. The topological polar surface area (TPSA) is 16.1 Å². The highest BCUT2D eigenvalue weighted by Crippen LogP contribution is 2.35. The number of hydrogen-bond donors (Lipinski definition) is 0. The summed E-state index contributed by atoms with van der Waals surface area (Å²) in [5.74, 6) is 0.544. The molecule has 1 unspecified atom stereocenters. The van der Waals surface area contributed by atoms with Gasteiger partial charge in [0, 0.05) is 29.9 Å². The van der Waals surface area contributed by atoms with Gasteiger partial charge in [-0.3, -0.25) is 4.98 Å². The van der Waals surface area contributed by atoms with Crippen molar-refractivity contribution in [2.24, 2.45) is 0 Å². The molecule has 112 valence electrons. The highest BCUT2D eigenvalue weighted by Gasteiger charge is 2.22. The van der Waals surface area contributed by atoms with Crippen molar-refractivity contribution < 1.29 is 0 Å². The number of anilines is 1. The van der Waals surface area contributed by atoms with Gasteiger partial charge in [0.25, 0.3) is 0 Å². The molecular weight excluding hydrogens is 256 g/mol. The summed E-state index contributed by atoms with van der Waals surface area (Å²) in [5, 5.41) is 1.34. The smallest absolute Gasteiger partial charge is 0.0725 e. The summed E-state index contributed by atoms with van der Waals surface area (Å²) in [6, 6.07) is 7.51. The van der Waals surface area contributed by atoms with Crippen LogP contribution in [0.15, 0.2) is 24.4 Å². The molecule has 0 amide bonds. The summed E-state index contributed by atoms with van der Waals surface area (Å²) in [5.41, 5.74) is 5.49. The Kier molecular flexibility index (Phi) is 3.88. The number of nitrogens with zero attached hydrogens (tertiary/aromatic N) is 2. The van der Waals surface area contributed by atoms with Crippen LogP contribution in [0.5, 0.6) is 0 Å². The highest BCUT2D eigenvalue weighted by molar-refractivity contribution is 5.87. The molecule has 1 aromatic heterocycles. The lowest BCUT2D eigenvalue weighted by molar-refractivity contribution is 0.580. The van der Waals surface area contributed by atoms with Crippen molar-refractivity contribution in [1.82, 2.24) is 4.98 Å². The Labute approximate surface area is 128 Å². The van der Waals surface area contributed by atoms with Crippen molar-refractivity contribution >= 4 is 16.6 Å². The second-order valence-corrected chi connectivity index (χ2v) is 6.61. The zero-order valence-corrected chi connectivity index (χ0v) is 13.7. The third-order valence-electron chi connectivity index (χ3n) is 4.88. The molecule has 21 heavy (non-hydrogen) atoms. The van der Waals surface area contributed by atoms with Crippen LogP contribution in [0.25, 0.3) is 10.9 Å². The van der Waals surface area contributed by atoms with Crippen molar-refractivity contribution in [3.8, 4) is 0 Å². The molecular formula is C19H26N2. The van der Waals surface area contributed by atoms with Crippen molar-refractivity contribution in [2.75, 3.05) is 11.4 Å². The van der Waals surface area contributed by atoms with Crippen molar-refractivity contribution in [1.29, 1.82) is 0 Å². The fourth-order valence-corrected chi connectivity index (χ4v) is 3.46. The average molecular weight is 282 g/mol. The number of aromatic nitrogens is 1. The molecule has 0 N–H and O–H groups in total. The van der Waals surface area contributed by atoms with Crippen LogP contribution >= 0.6 is 0 Å². The van der Waals surface area contributed by atoms with Crippen LogP contribution in [0.1, 0.15) is 57.6 Å². The van der Waals surface area contributed by atoms with Gasteiger partial charge in [-0.25, -0.2) is 0 Å². The van der Waals surface area contributed by atoms with Crippen LogP contribution < -0.4 is 4.90 Å². The minimum atomic E-state index is 0.544. The molecule has 0 aliphatic carbocycles. The summed E-state index contributed by atoms with van der Waals surface area (Å²) < 4.78 is 0. The van der Waals surface area contributed by atoms with Gasteiger partial charge in [-0.2, -0.15) is 0 Å². The molecule has 1 aliphatic heterocycles. The number of rotatable bonds is 3. The predicted octanol–water partition coefficient (Wildman–Crippen LogP) is 4.91. The summed E-state index contributed by atoms with van der Waals surface area (Å²) >= 11 is 0. The van der Waals surface area contributed by atoms with Gasteiger partial charge >= 0.3 is 0 Å². The Bertz CT molecular complexity index is 645. The normalized spacial score (nSPS) is 16.3. The van der Waals surface area contributed by atoms with Gasteiger partial charge < -0.3 is 4.90 Å². The van der Waals surface area contributed by atoms with Gasteiger partial charge in [-0.05, 0) is 61.4 Å². The summed E-state index contributed by atoms with van der Waals surface area (Å²) in [7, 11) is 0. The zero-order valence-electron chi connectivity index (χ0n) is 13.7. The zero-order chi connectivity index (χ0) is 15.0. The van der Waals surface area contributed by atoms with Crippen LogP contribution in [-0.2, 0) is 6.42 Å². The van der Waals surface area contributed by atoms with E-state index in [-0.39, 0.29) is 0 Å². The van der Waals surface area contributed by atoms with Crippen molar-refractivity contribution in [2.45, 2.75) is 58.9 Å². The molecule has 2 aromatic rings. The highest BCUT2D eigenvalue weighted by atomic mass is 15.2. The van der Waals surface area contributed by atoms with Crippen LogP contribution in [0.2, 0.25) is 0 Å². The molecule has 2 heteroatoms. The second kappa shape index (κ2) is 5.67. The van der Waals surface area contributed by atoms with Crippen LogP contribution in [0, 0.1) is 0 Å². The van der Waals surface area contributed by atoms with E-state index in [0.29, 0.717) is 12.0 Å². The molecule has 0 saturated heterocycles. The maximum atomic E-state index is 4.63. The van der Waals surface area contributed by atoms with Crippen LogP contribution in [0.4, 0.5) is 5.69 Å². The maximum absolute atomic E-state index is 4.63. The molecule has 2 heterocycles. The van der Waals surface area contributed by atoms with Crippen LogP contribution in [-0.4, -0.2) is 17.6 Å². The summed E-state index contributed by atoms with van der Waals surface area (Å²) in [6.45, 7) is 10.3. The van der Waals surface area contributed by atoms with Crippen molar-refractivity contribution in [3.63, 3.8) is 0 Å². The lowest BCUT2D eigenvalue weighted by Gasteiger charge is -2.36. The molecule has 2 nitrogen and oxygen atoms in total. The van der Waals surface area contributed by atoms with Gasteiger partial charge in [0.05, 0.1) is 5.52 Å². The van der Waals surface area contributed by atoms with Gasteiger partial charge in [0.2, 0.25) is 0 Å². The quantitative estimate of drug-likeness (QED) is 0.795. The van der Waals surface area contributed by atoms with Crippen LogP contribution in [0.3, 0.4) is 0 Å². The van der Waals surface area contributed by atoms with E-state index in [2.05, 4.69) is 55.8 Å². The number of aryl methyl sites for hydroxylation is 1. The number of hydrogen-bond acceptors (Lipinski definition) is 2. The molecule has 1 aliphatic rings. The Hall–Kier alpha value is -1.57. The maximum Gasteiger partial charge on any atom is 0.0725 e. The van der Waals surface area contributed by atoms with E-state index in [1.54, 1.807) is 0 Å². The van der Waals surface area contributed by atoms with Gasteiger partial charge in [-0.15, -0.1) is 0 Å². The van der Waals surface area contributed by atoms with E-state index < -0.39 is 0 Å². The van der Waals surface area contributed by atoms with E-state index in [0.717, 1.165) is 5.52 Å². The summed E-state index contributed by atoms with van der Waals surface area (Å²) in [6.07, 6.45) is 5.61. The monoisotopic (exact) mass is 282 g/mol. The largest absolute Gasteiger partial charge is 0.369 e. The minimum absolute atomic E-state index is 0.544. The Morgan fingerprint density at radius 3 is 2.76 bits per heavy atom. The first-order chi connectivity index (χ1) is 10.1. The molecule has 0 spiro atoms. The molecule has 0 fully saturated rings. The fraction of sp³-hybridized carbons (Fsp3) is 0.526. The third-order valence-corrected chi connectivity index (χ3v) is 4.88. The number of benzene rings is 1. The Balaban J connectivity index is 2.17. The Morgan fingerprint density at radius 2 is 2.05 bits per heavy atom. The van der Waals surface area contributed by atoms with E-state index >= 15 is 0 Å². The van der Waals surface area contributed by atoms with Gasteiger partial charge in [0.15, 0.2) is 0 Å². The molecule has 1 aromatic carbocycles. The molecule has 3 rings (SSSR count). The van der Waals surface area contributed by atoms with E-state index in [4.69, 9.17) is 0 Å². The van der Waals surface area contributed by atoms with E-state index in [1.807, 2.05) is 6.20 Å². The molecule has 1 atom stereocenters. The standard InChI is InChI=1S/C19H26N2/c1-5-14(4)21-10-6-7-15-11-17-16(13(2)3)8-9-20-18(17)12-19(15)21/h8-9,11-14H,5-7,10H2,1-4H3. The van der Waals surface area contributed by atoms with E-state index in [1.165, 1.54) is 48.0 Å². The Morgan fingerprint density at radius 1 is 1.24 bits per heavy atom. The first-order valence-corrected chi connectivity index (χ1v) is 8.30. The molecule has 0 radical (unpaired) electrons. The third kappa shape index (κ3) is 2.52. The minimum Gasteiger partial charge on any atom is -0.369 e. The fourth-order valence-electron chi connectivity index (χ4n) is 3.46. The first-order valence-electron chi connectivity index (χ1n) is 8.30. The van der Waals surface area contributed by atoms with Gasteiger partial charge in [-0.1, -0.05) is 20.8 Å². The lowest BCUT2D eigenvalue weighted by atomic mass is 9.93. The average Bonchev–Trinajstić information content (AvgIpc) is 2.50.